The van der Waals surface area contributed by atoms with Gasteiger partial charge in [0.2, 0.25) is 0 Å². The fourth-order valence-electron chi connectivity index (χ4n) is 1.92. The molecule has 0 amide bonds. The van der Waals surface area contributed by atoms with E-state index in [1.807, 2.05) is 26.0 Å². The normalized spacial score (nSPS) is 12.0. The third-order valence-corrected chi connectivity index (χ3v) is 2.78. The Morgan fingerprint density at radius 2 is 1.72 bits per heavy atom. The van der Waals surface area contributed by atoms with Gasteiger partial charge in [-0.05, 0) is 33.3 Å². The van der Waals surface area contributed by atoms with Gasteiger partial charge in [-0.2, -0.15) is 0 Å². The minimum Gasteiger partial charge on any atom is -0.465 e. The Bertz CT molecular complexity index is 429. The molecule has 0 heterocycles. The summed E-state index contributed by atoms with van der Waals surface area (Å²) in [7, 11) is 0. The fraction of sp³-hybridized carbons (Fsp3) is 0.467. The molecule has 98 valence electrons. The molecule has 18 heavy (non-hydrogen) atoms. The number of ketones is 1. The maximum atomic E-state index is 12.0. The first-order chi connectivity index (χ1) is 8.43. The molecular weight excluding hydrogens is 228 g/mol. The summed E-state index contributed by atoms with van der Waals surface area (Å²) in [5, 5.41) is 0. The molecule has 0 bridgehead atoms. The van der Waals surface area contributed by atoms with Gasteiger partial charge in [-0.15, -0.1) is 0 Å². The number of hydrogen-bond donors (Lipinski definition) is 0. The van der Waals surface area contributed by atoms with Crippen molar-refractivity contribution in [3.8, 4) is 0 Å². The van der Waals surface area contributed by atoms with Crippen molar-refractivity contribution in [1.29, 1.82) is 0 Å². The average molecular weight is 248 g/mol. The molecule has 1 atom stereocenters. The summed E-state index contributed by atoms with van der Waals surface area (Å²) in [6.45, 7) is 7.63. The number of benzene rings is 1. The van der Waals surface area contributed by atoms with E-state index in [1.165, 1.54) is 0 Å². The SMILES string of the molecule is CCOC(=O)C(C)C(=O)Cc1cc(C)cc(C)c1. The van der Waals surface area contributed by atoms with E-state index in [2.05, 4.69) is 6.07 Å². The number of hydrogen-bond acceptors (Lipinski definition) is 3. The van der Waals surface area contributed by atoms with Crippen molar-refractivity contribution in [3.05, 3.63) is 34.9 Å². The van der Waals surface area contributed by atoms with Gasteiger partial charge in [0.15, 0.2) is 5.78 Å². The quantitative estimate of drug-likeness (QED) is 0.594. The van der Waals surface area contributed by atoms with Gasteiger partial charge in [-0.1, -0.05) is 29.3 Å². The van der Waals surface area contributed by atoms with E-state index in [4.69, 9.17) is 4.74 Å². The van der Waals surface area contributed by atoms with Gasteiger partial charge in [-0.3, -0.25) is 9.59 Å². The molecule has 1 aromatic carbocycles. The molecule has 0 fully saturated rings. The molecule has 1 unspecified atom stereocenters. The third kappa shape index (κ3) is 3.99. The van der Waals surface area contributed by atoms with E-state index in [-0.39, 0.29) is 12.2 Å². The summed E-state index contributed by atoms with van der Waals surface area (Å²) in [5.41, 5.74) is 3.21. The molecular formula is C15H20O3. The average Bonchev–Trinajstić information content (AvgIpc) is 2.26. The highest BCUT2D eigenvalue weighted by Gasteiger charge is 2.22. The van der Waals surface area contributed by atoms with Gasteiger partial charge in [0.25, 0.3) is 0 Å². The van der Waals surface area contributed by atoms with Crippen LogP contribution in [-0.2, 0) is 20.7 Å². The maximum Gasteiger partial charge on any atom is 0.316 e. The van der Waals surface area contributed by atoms with Crippen LogP contribution in [0.5, 0.6) is 0 Å². The van der Waals surface area contributed by atoms with Gasteiger partial charge in [0, 0.05) is 6.42 Å². The molecule has 1 aromatic rings. The lowest BCUT2D eigenvalue weighted by Crippen LogP contribution is -2.24. The van der Waals surface area contributed by atoms with E-state index in [1.54, 1.807) is 13.8 Å². The van der Waals surface area contributed by atoms with Crippen LogP contribution in [0.15, 0.2) is 18.2 Å². The van der Waals surface area contributed by atoms with Crippen molar-refractivity contribution in [2.75, 3.05) is 6.61 Å². The number of esters is 1. The van der Waals surface area contributed by atoms with Crippen molar-refractivity contribution in [2.24, 2.45) is 5.92 Å². The van der Waals surface area contributed by atoms with Gasteiger partial charge >= 0.3 is 5.97 Å². The summed E-state index contributed by atoms with van der Waals surface area (Å²) in [5.74, 6) is -1.23. The smallest absolute Gasteiger partial charge is 0.316 e. The zero-order valence-corrected chi connectivity index (χ0v) is 11.4. The van der Waals surface area contributed by atoms with Crippen molar-refractivity contribution in [3.63, 3.8) is 0 Å². The monoisotopic (exact) mass is 248 g/mol. The van der Waals surface area contributed by atoms with E-state index in [0.717, 1.165) is 16.7 Å². The number of carbonyl (C=O) groups is 2. The highest BCUT2D eigenvalue weighted by Crippen LogP contribution is 2.12. The lowest BCUT2D eigenvalue weighted by atomic mass is 9.97. The zero-order valence-electron chi connectivity index (χ0n) is 11.4. The highest BCUT2D eigenvalue weighted by atomic mass is 16.5. The van der Waals surface area contributed by atoms with Gasteiger partial charge in [0.05, 0.1) is 6.61 Å². The lowest BCUT2D eigenvalue weighted by molar-refractivity contribution is -0.150. The van der Waals surface area contributed by atoms with Crippen molar-refractivity contribution in [1.82, 2.24) is 0 Å². The number of carbonyl (C=O) groups excluding carboxylic acids is 2. The van der Waals surface area contributed by atoms with E-state index in [0.29, 0.717) is 6.61 Å². The molecule has 0 N–H and O–H groups in total. The topological polar surface area (TPSA) is 43.4 Å². The molecule has 1 rings (SSSR count). The second-order valence-corrected chi connectivity index (χ2v) is 4.61. The third-order valence-electron chi connectivity index (χ3n) is 2.78. The second-order valence-electron chi connectivity index (χ2n) is 4.61. The first-order valence-corrected chi connectivity index (χ1v) is 6.20. The van der Waals surface area contributed by atoms with Crippen molar-refractivity contribution >= 4 is 11.8 Å². The van der Waals surface area contributed by atoms with Crippen LogP contribution in [-0.4, -0.2) is 18.4 Å². The Balaban J connectivity index is 2.72. The number of ether oxygens (including phenoxy) is 1. The van der Waals surface area contributed by atoms with E-state index >= 15 is 0 Å². The molecule has 0 spiro atoms. The minimum atomic E-state index is -0.689. The van der Waals surface area contributed by atoms with Gasteiger partial charge < -0.3 is 4.74 Å². The maximum absolute atomic E-state index is 12.0. The summed E-state index contributed by atoms with van der Waals surface area (Å²) in [6.07, 6.45) is 0.280. The molecule has 0 saturated carbocycles. The first kappa shape index (κ1) is 14.4. The summed E-state index contributed by atoms with van der Waals surface area (Å²) in [6, 6.07) is 6.01. The van der Waals surface area contributed by atoms with Crippen LogP contribution in [0.2, 0.25) is 0 Å². The standard InChI is InChI=1S/C15H20O3/c1-5-18-15(17)12(4)14(16)9-13-7-10(2)6-11(3)8-13/h6-8,12H,5,9H2,1-4H3. The van der Waals surface area contributed by atoms with Crippen molar-refractivity contribution < 1.29 is 14.3 Å². The molecule has 0 aliphatic heterocycles. The second kappa shape index (κ2) is 6.34. The Labute approximate surface area is 108 Å². The lowest BCUT2D eigenvalue weighted by Gasteiger charge is -2.10. The van der Waals surface area contributed by atoms with Crippen LogP contribution in [0.4, 0.5) is 0 Å². The number of rotatable bonds is 5. The van der Waals surface area contributed by atoms with E-state index in [9.17, 15) is 9.59 Å². The molecule has 0 aliphatic rings. The minimum absolute atomic E-state index is 0.0987. The van der Waals surface area contributed by atoms with Crippen LogP contribution >= 0.6 is 0 Å². The Kier molecular flexibility index (Phi) is 5.08. The Hall–Kier alpha value is -1.64. The molecule has 3 nitrogen and oxygen atoms in total. The summed E-state index contributed by atoms with van der Waals surface area (Å²) < 4.78 is 4.85. The summed E-state index contributed by atoms with van der Waals surface area (Å²) >= 11 is 0. The summed E-state index contributed by atoms with van der Waals surface area (Å²) in [4.78, 5) is 23.4. The Morgan fingerprint density at radius 3 is 2.22 bits per heavy atom. The zero-order chi connectivity index (χ0) is 13.7. The number of Topliss-reactive ketones (excluding diaryl/α,β-unsaturated/α-hetero) is 1. The van der Waals surface area contributed by atoms with E-state index < -0.39 is 11.9 Å². The van der Waals surface area contributed by atoms with Crippen molar-refractivity contribution in [2.45, 2.75) is 34.1 Å². The van der Waals surface area contributed by atoms with Crippen LogP contribution in [0.1, 0.15) is 30.5 Å². The molecule has 0 saturated heterocycles. The largest absolute Gasteiger partial charge is 0.465 e. The van der Waals surface area contributed by atoms with Gasteiger partial charge in [0.1, 0.15) is 5.92 Å². The molecule has 3 heteroatoms. The number of aryl methyl sites for hydroxylation is 2. The Morgan fingerprint density at radius 1 is 1.17 bits per heavy atom. The predicted octanol–water partition coefficient (Wildman–Crippen LogP) is 2.61. The van der Waals surface area contributed by atoms with Crippen LogP contribution in [0, 0.1) is 19.8 Å². The highest BCUT2D eigenvalue weighted by molar-refractivity contribution is 5.99. The molecule has 0 aliphatic carbocycles. The molecule has 0 radical (unpaired) electrons. The van der Waals surface area contributed by atoms with Crippen LogP contribution in [0.25, 0.3) is 0 Å². The van der Waals surface area contributed by atoms with Gasteiger partial charge in [-0.25, -0.2) is 0 Å². The first-order valence-electron chi connectivity index (χ1n) is 6.20. The predicted molar refractivity (Wildman–Crippen MR) is 70.4 cm³/mol. The van der Waals surface area contributed by atoms with Crippen LogP contribution in [0.3, 0.4) is 0 Å². The molecule has 0 aromatic heterocycles. The fourth-order valence-corrected chi connectivity index (χ4v) is 1.92. The van der Waals surface area contributed by atoms with Crippen LogP contribution < -0.4 is 0 Å².